The summed E-state index contributed by atoms with van der Waals surface area (Å²) in [6, 6.07) is 16.0. The van der Waals surface area contributed by atoms with E-state index >= 15 is 0 Å². The molecule has 0 spiro atoms. The van der Waals surface area contributed by atoms with Crippen molar-refractivity contribution in [3.63, 3.8) is 0 Å². The van der Waals surface area contributed by atoms with E-state index < -0.39 is 5.91 Å². The lowest BCUT2D eigenvalue weighted by Gasteiger charge is -2.07. The molecule has 0 aliphatic carbocycles. The molecule has 0 aliphatic rings. The molecular weight excluding hydrogens is 268 g/mol. The number of hydroxylamine groups is 1. The topological polar surface area (TPSA) is 78.4 Å². The van der Waals surface area contributed by atoms with Crippen LogP contribution >= 0.6 is 0 Å². The highest BCUT2D eigenvalue weighted by atomic mass is 16.5. The second-order valence-electron chi connectivity index (χ2n) is 4.22. The Labute approximate surface area is 121 Å². The molecule has 0 saturated carbocycles. The molecule has 2 amide bonds. The first kappa shape index (κ1) is 14.5. The van der Waals surface area contributed by atoms with Crippen LogP contribution in [0.25, 0.3) is 6.08 Å². The van der Waals surface area contributed by atoms with E-state index in [1.807, 2.05) is 18.2 Å². The molecule has 106 valence electrons. The summed E-state index contributed by atoms with van der Waals surface area (Å²) >= 11 is 0. The Bertz CT molecular complexity index is 666. The van der Waals surface area contributed by atoms with E-state index in [0.717, 1.165) is 6.08 Å². The van der Waals surface area contributed by atoms with E-state index in [1.54, 1.807) is 36.4 Å². The molecule has 0 radical (unpaired) electrons. The van der Waals surface area contributed by atoms with Crippen LogP contribution in [0.3, 0.4) is 0 Å². The van der Waals surface area contributed by atoms with Gasteiger partial charge in [0.1, 0.15) is 0 Å². The molecule has 5 nitrogen and oxygen atoms in total. The Hall–Kier alpha value is -2.92. The average Bonchev–Trinajstić information content (AvgIpc) is 2.53. The molecule has 0 aromatic heterocycles. The number of carbonyl (C=O) groups is 2. The Morgan fingerprint density at radius 2 is 1.62 bits per heavy atom. The third-order valence-electron chi connectivity index (χ3n) is 2.76. The lowest BCUT2D eigenvalue weighted by molar-refractivity contribution is -0.124. The fourth-order valence-electron chi connectivity index (χ4n) is 1.77. The Balaban J connectivity index is 2.21. The minimum Gasteiger partial charge on any atom is -0.322 e. The van der Waals surface area contributed by atoms with Gasteiger partial charge in [0, 0.05) is 17.3 Å². The zero-order valence-electron chi connectivity index (χ0n) is 11.1. The van der Waals surface area contributed by atoms with E-state index in [2.05, 4.69) is 5.32 Å². The number of hydrogen-bond acceptors (Lipinski definition) is 3. The van der Waals surface area contributed by atoms with Crippen LogP contribution in [0.15, 0.2) is 60.7 Å². The molecule has 0 bridgehead atoms. The maximum atomic E-state index is 12.3. The summed E-state index contributed by atoms with van der Waals surface area (Å²) in [6.45, 7) is 0. The van der Waals surface area contributed by atoms with Gasteiger partial charge in [-0.05, 0) is 29.8 Å². The van der Waals surface area contributed by atoms with Crippen molar-refractivity contribution in [2.24, 2.45) is 0 Å². The maximum Gasteiger partial charge on any atom is 0.267 e. The number of nitrogens with one attached hydrogen (secondary N) is 2. The number of anilines is 1. The van der Waals surface area contributed by atoms with E-state index in [0.29, 0.717) is 16.8 Å². The zero-order chi connectivity index (χ0) is 15.1. The molecule has 5 heteroatoms. The first-order chi connectivity index (χ1) is 10.2. The first-order valence-electron chi connectivity index (χ1n) is 6.28. The summed E-state index contributed by atoms with van der Waals surface area (Å²) in [5.41, 5.74) is 3.20. The van der Waals surface area contributed by atoms with Crippen molar-refractivity contribution in [3.05, 3.63) is 71.8 Å². The van der Waals surface area contributed by atoms with Gasteiger partial charge in [-0.1, -0.05) is 36.4 Å². The molecule has 21 heavy (non-hydrogen) atoms. The van der Waals surface area contributed by atoms with Gasteiger partial charge < -0.3 is 5.32 Å². The molecule has 3 N–H and O–H groups in total. The van der Waals surface area contributed by atoms with Gasteiger partial charge in [0.25, 0.3) is 11.8 Å². The molecule has 0 atom stereocenters. The summed E-state index contributed by atoms with van der Waals surface area (Å²) in [5.74, 6) is -0.931. The SMILES string of the molecule is O=C(/C=C/c1ccccc1C(=O)Nc1ccccc1)NO. The summed E-state index contributed by atoms with van der Waals surface area (Å²) in [5, 5.41) is 11.2. The minimum atomic E-state index is -0.659. The monoisotopic (exact) mass is 282 g/mol. The minimum absolute atomic E-state index is 0.272. The van der Waals surface area contributed by atoms with Crippen molar-refractivity contribution in [2.75, 3.05) is 5.32 Å². The molecule has 0 fully saturated rings. The largest absolute Gasteiger partial charge is 0.322 e. The number of amides is 2. The first-order valence-corrected chi connectivity index (χ1v) is 6.28. The number of carbonyl (C=O) groups excluding carboxylic acids is 2. The van der Waals surface area contributed by atoms with Gasteiger partial charge in [-0.2, -0.15) is 0 Å². The number of benzene rings is 2. The van der Waals surface area contributed by atoms with Gasteiger partial charge in [0.2, 0.25) is 0 Å². The zero-order valence-corrected chi connectivity index (χ0v) is 11.1. The van der Waals surface area contributed by atoms with Gasteiger partial charge in [-0.15, -0.1) is 0 Å². The third-order valence-corrected chi connectivity index (χ3v) is 2.76. The molecule has 0 saturated heterocycles. The van der Waals surface area contributed by atoms with Crippen LogP contribution in [0.2, 0.25) is 0 Å². The number of hydrogen-bond donors (Lipinski definition) is 3. The van der Waals surface area contributed by atoms with Crippen LogP contribution in [-0.2, 0) is 4.79 Å². The molecule has 0 aliphatic heterocycles. The van der Waals surface area contributed by atoms with Crippen molar-refractivity contribution in [3.8, 4) is 0 Å². The van der Waals surface area contributed by atoms with Crippen LogP contribution < -0.4 is 10.8 Å². The highest BCUT2D eigenvalue weighted by molar-refractivity contribution is 6.07. The highest BCUT2D eigenvalue weighted by Crippen LogP contribution is 2.14. The van der Waals surface area contributed by atoms with E-state index in [-0.39, 0.29) is 5.91 Å². The van der Waals surface area contributed by atoms with E-state index in [1.165, 1.54) is 11.6 Å². The second-order valence-corrected chi connectivity index (χ2v) is 4.22. The predicted molar refractivity (Wildman–Crippen MR) is 79.8 cm³/mol. The van der Waals surface area contributed by atoms with Gasteiger partial charge in [0.05, 0.1) is 0 Å². The maximum absolute atomic E-state index is 12.3. The quantitative estimate of drug-likeness (QED) is 0.458. The summed E-state index contributed by atoms with van der Waals surface area (Å²) in [6.07, 6.45) is 2.61. The van der Waals surface area contributed by atoms with Gasteiger partial charge in [-0.25, -0.2) is 5.48 Å². The normalized spacial score (nSPS) is 10.3. The molecule has 2 aromatic rings. The smallest absolute Gasteiger partial charge is 0.267 e. The Kier molecular flexibility index (Phi) is 4.84. The molecule has 0 heterocycles. The van der Waals surface area contributed by atoms with Crippen LogP contribution in [0.5, 0.6) is 0 Å². The van der Waals surface area contributed by atoms with E-state index in [9.17, 15) is 9.59 Å². The van der Waals surface area contributed by atoms with Crippen molar-refractivity contribution < 1.29 is 14.8 Å². The van der Waals surface area contributed by atoms with Crippen molar-refractivity contribution in [1.82, 2.24) is 5.48 Å². The summed E-state index contributed by atoms with van der Waals surface area (Å²) < 4.78 is 0. The second kappa shape index (κ2) is 7.02. The number of rotatable bonds is 4. The Morgan fingerprint density at radius 1 is 0.952 bits per heavy atom. The predicted octanol–water partition coefficient (Wildman–Crippen LogP) is 2.46. The molecule has 2 rings (SSSR count). The van der Waals surface area contributed by atoms with Crippen LogP contribution in [0.1, 0.15) is 15.9 Å². The van der Waals surface area contributed by atoms with Crippen LogP contribution in [-0.4, -0.2) is 17.0 Å². The van der Waals surface area contributed by atoms with Crippen molar-refractivity contribution in [2.45, 2.75) is 0 Å². The van der Waals surface area contributed by atoms with Crippen LogP contribution in [0, 0.1) is 0 Å². The highest BCUT2D eigenvalue weighted by Gasteiger charge is 2.09. The van der Waals surface area contributed by atoms with E-state index in [4.69, 9.17) is 5.21 Å². The standard InChI is InChI=1S/C16H14N2O3/c19-15(18-21)11-10-12-6-4-5-9-14(12)16(20)17-13-7-2-1-3-8-13/h1-11,21H,(H,17,20)(H,18,19)/b11-10+. The van der Waals surface area contributed by atoms with Crippen molar-refractivity contribution in [1.29, 1.82) is 0 Å². The Morgan fingerprint density at radius 3 is 2.33 bits per heavy atom. The summed E-state index contributed by atoms with van der Waals surface area (Å²) in [4.78, 5) is 23.3. The summed E-state index contributed by atoms with van der Waals surface area (Å²) in [7, 11) is 0. The molecule has 2 aromatic carbocycles. The van der Waals surface area contributed by atoms with Crippen molar-refractivity contribution >= 4 is 23.6 Å². The molecule has 0 unspecified atom stereocenters. The third kappa shape index (κ3) is 4.02. The average molecular weight is 282 g/mol. The van der Waals surface area contributed by atoms with Gasteiger partial charge in [-0.3, -0.25) is 14.8 Å². The van der Waals surface area contributed by atoms with Gasteiger partial charge >= 0.3 is 0 Å². The molecular formula is C16H14N2O3. The van der Waals surface area contributed by atoms with Crippen LogP contribution in [0.4, 0.5) is 5.69 Å². The fraction of sp³-hybridized carbons (Fsp3) is 0. The van der Waals surface area contributed by atoms with Gasteiger partial charge in [0.15, 0.2) is 0 Å². The lowest BCUT2D eigenvalue weighted by atomic mass is 10.1. The fourth-order valence-corrected chi connectivity index (χ4v) is 1.77. The lowest BCUT2D eigenvalue weighted by Crippen LogP contribution is -2.15. The number of para-hydroxylation sites is 1.